The van der Waals surface area contributed by atoms with E-state index in [1.807, 2.05) is 0 Å². The standard InChI is InChI=1S/C13H15ClN2O3/c1-13(12(15)18)8-16(6-7-19-13)11(17)9-2-4-10(14)5-3-9/h2-5H,6-8H2,1H3,(H2,15,18)/t13-/m1/s1. The molecule has 5 nitrogen and oxygen atoms in total. The Morgan fingerprint density at radius 1 is 1.37 bits per heavy atom. The van der Waals surface area contributed by atoms with E-state index in [2.05, 4.69) is 0 Å². The first-order chi connectivity index (χ1) is 8.92. The van der Waals surface area contributed by atoms with Crippen molar-refractivity contribution in [2.45, 2.75) is 12.5 Å². The fraction of sp³-hybridized carbons (Fsp3) is 0.385. The van der Waals surface area contributed by atoms with Gasteiger partial charge in [0.2, 0.25) is 0 Å². The van der Waals surface area contributed by atoms with E-state index in [1.54, 1.807) is 36.1 Å². The molecule has 0 unspecified atom stereocenters. The summed E-state index contributed by atoms with van der Waals surface area (Å²) in [5.41, 5.74) is 4.70. The molecule has 1 aromatic carbocycles. The van der Waals surface area contributed by atoms with Crippen LogP contribution >= 0.6 is 11.6 Å². The minimum absolute atomic E-state index is 0.157. The number of carbonyl (C=O) groups is 2. The van der Waals surface area contributed by atoms with Gasteiger partial charge in [0.15, 0.2) is 5.60 Å². The molecule has 2 N–H and O–H groups in total. The lowest BCUT2D eigenvalue weighted by atomic mass is 10.0. The maximum atomic E-state index is 12.3. The van der Waals surface area contributed by atoms with E-state index in [0.717, 1.165) is 0 Å². The summed E-state index contributed by atoms with van der Waals surface area (Å²) < 4.78 is 5.37. The first-order valence-corrected chi connectivity index (χ1v) is 6.29. The lowest BCUT2D eigenvalue weighted by molar-refractivity contribution is -0.150. The fourth-order valence-corrected chi connectivity index (χ4v) is 2.09. The molecule has 0 spiro atoms. The van der Waals surface area contributed by atoms with Crippen LogP contribution in [0.3, 0.4) is 0 Å². The molecule has 1 heterocycles. The Labute approximate surface area is 116 Å². The maximum Gasteiger partial charge on any atom is 0.254 e. The van der Waals surface area contributed by atoms with Gasteiger partial charge in [-0.2, -0.15) is 0 Å². The molecule has 19 heavy (non-hydrogen) atoms. The normalized spacial score (nSPS) is 23.2. The van der Waals surface area contributed by atoms with Gasteiger partial charge in [-0.1, -0.05) is 11.6 Å². The molecule has 2 amide bonds. The van der Waals surface area contributed by atoms with Crippen molar-refractivity contribution in [3.63, 3.8) is 0 Å². The minimum Gasteiger partial charge on any atom is -0.367 e. The highest BCUT2D eigenvalue weighted by molar-refractivity contribution is 6.30. The Morgan fingerprint density at radius 2 is 2.00 bits per heavy atom. The van der Waals surface area contributed by atoms with E-state index in [1.165, 1.54) is 0 Å². The molecule has 0 radical (unpaired) electrons. The molecule has 0 saturated carbocycles. The van der Waals surface area contributed by atoms with Gasteiger partial charge in [-0.15, -0.1) is 0 Å². The van der Waals surface area contributed by atoms with Crippen LogP contribution < -0.4 is 5.73 Å². The molecule has 1 fully saturated rings. The summed E-state index contributed by atoms with van der Waals surface area (Å²) in [6, 6.07) is 6.62. The maximum absolute atomic E-state index is 12.3. The van der Waals surface area contributed by atoms with Crippen molar-refractivity contribution in [2.75, 3.05) is 19.7 Å². The highest BCUT2D eigenvalue weighted by Gasteiger charge is 2.39. The smallest absolute Gasteiger partial charge is 0.254 e. The molecule has 1 aromatic rings. The van der Waals surface area contributed by atoms with Gasteiger partial charge in [-0.25, -0.2) is 0 Å². The molecular formula is C13H15ClN2O3. The van der Waals surface area contributed by atoms with Crippen molar-refractivity contribution in [3.8, 4) is 0 Å². The molecule has 0 bridgehead atoms. The fourth-order valence-electron chi connectivity index (χ4n) is 1.97. The van der Waals surface area contributed by atoms with E-state index in [0.29, 0.717) is 23.7 Å². The Bertz CT molecular complexity index is 503. The van der Waals surface area contributed by atoms with Crippen molar-refractivity contribution in [1.82, 2.24) is 4.90 Å². The summed E-state index contributed by atoms with van der Waals surface area (Å²) in [6.07, 6.45) is 0. The average molecular weight is 283 g/mol. The molecule has 1 aliphatic rings. The molecule has 1 atom stereocenters. The predicted molar refractivity (Wildman–Crippen MR) is 70.9 cm³/mol. The largest absolute Gasteiger partial charge is 0.367 e. The van der Waals surface area contributed by atoms with Crippen LogP contribution in [-0.2, 0) is 9.53 Å². The molecule has 6 heteroatoms. The molecule has 0 aliphatic carbocycles. The SMILES string of the molecule is C[C@]1(C(N)=O)CN(C(=O)c2ccc(Cl)cc2)CCO1. The molecule has 1 saturated heterocycles. The number of ether oxygens (including phenoxy) is 1. The number of hydrogen-bond donors (Lipinski definition) is 1. The molecular weight excluding hydrogens is 268 g/mol. The topological polar surface area (TPSA) is 72.6 Å². The highest BCUT2D eigenvalue weighted by atomic mass is 35.5. The van der Waals surface area contributed by atoms with Gasteiger partial charge in [0, 0.05) is 17.1 Å². The van der Waals surface area contributed by atoms with Gasteiger partial charge in [0.05, 0.1) is 13.2 Å². The zero-order valence-corrected chi connectivity index (χ0v) is 11.3. The highest BCUT2D eigenvalue weighted by Crippen LogP contribution is 2.19. The number of primary amides is 1. The minimum atomic E-state index is -1.12. The molecule has 0 aromatic heterocycles. The molecule has 102 valence electrons. The van der Waals surface area contributed by atoms with E-state index < -0.39 is 11.5 Å². The number of hydrogen-bond acceptors (Lipinski definition) is 3. The third kappa shape index (κ3) is 2.88. The van der Waals surface area contributed by atoms with Crippen molar-refractivity contribution in [3.05, 3.63) is 34.9 Å². The summed E-state index contributed by atoms with van der Waals surface area (Å²) in [6.45, 7) is 2.48. The number of nitrogens with zero attached hydrogens (tertiary/aromatic N) is 1. The van der Waals surface area contributed by atoms with Gasteiger partial charge >= 0.3 is 0 Å². The summed E-state index contributed by atoms with van der Waals surface area (Å²) in [5, 5.41) is 0.570. The van der Waals surface area contributed by atoms with Crippen LogP contribution in [0.15, 0.2) is 24.3 Å². The Kier molecular flexibility index (Phi) is 3.78. The van der Waals surface area contributed by atoms with Crippen LogP contribution in [0.2, 0.25) is 5.02 Å². The van der Waals surface area contributed by atoms with Crippen LogP contribution in [-0.4, -0.2) is 42.0 Å². The van der Waals surface area contributed by atoms with Crippen molar-refractivity contribution in [1.29, 1.82) is 0 Å². The summed E-state index contributed by atoms with van der Waals surface area (Å²) in [5.74, 6) is -0.728. The molecule has 1 aliphatic heterocycles. The number of benzene rings is 1. The van der Waals surface area contributed by atoms with Gasteiger partial charge in [-0.3, -0.25) is 9.59 Å². The van der Waals surface area contributed by atoms with Crippen LogP contribution in [0.25, 0.3) is 0 Å². The summed E-state index contributed by atoms with van der Waals surface area (Å²) in [7, 11) is 0. The Hall–Kier alpha value is -1.59. The predicted octanol–water partition coefficient (Wildman–Crippen LogP) is 1.06. The monoisotopic (exact) mass is 282 g/mol. The van der Waals surface area contributed by atoms with Gasteiger partial charge < -0.3 is 15.4 Å². The second kappa shape index (κ2) is 5.19. The Morgan fingerprint density at radius 3 is 2.58 bits per heavy atom. The summed E-state index contributed by atoms with van der Waals surface area (Å²) in [4.78, 5) is 25.2. The van der Waals surface area contributed by atoms with Crippen LogP contribution in [0.1, 0.15) is 17.3 Å². The first kappa shape index (κ1) is 13.8. The van der Waals surface area contributed by atoms with E-state index in [4.69, 9.17) is 22.1 Å². The number of morpholine rings is 1. The number of carbonyl (C=O) groups excluding carboxylic acids is 2. The number of rotatable bonds is 2. The van der Waals surface area contributed by atoms with Crippen LogP contribution in [0, 0.1) is 0 Å². The third-order valence-electron chi connectivity index (χ3n) is 3.17. The number of nitrogens with two attached hydrogens (primary N) is 1. The van der Waals surface area contributed by atoms with Gasteiger partial charge in [-0.05, 0) is 31.2 Å². The number of halogens is 1. The first-order valence-electron chi connectivity index (χ1n) is 5.91. The van der Waals surface area contributed by atoms with Crippen LogP contribution in [0.4, 0.5) is 0 Å². The van der Waals surface area contributed by atoms with Crippen LogP contribution in [0.5, 0.6) is 0 Å². The van der Waals surface area contributed by atoms with E-state index in [-0.39, 0.29) is 12.5 Å². The number of amides is 2. The Balaban J connectivity index is 2.15. The van der Waals surface area contributed by atoms with E-state index in [9.17, 15) is 9.59 Å². The quantitative estimate of drug-likeness (QED) is 0.881. The third-order valence-corrected chi connectivity index (χ3v) is 3.43. The average Bonchev–Trinajstić information content (AvgIpc) is 2.39. The zero-order valence-electron chi connectivity index (χ0n) is 10.6. The zero-order chi connectivity index (χ0) is 14.0. The summed E-state index contributed by atoms with van der Waals surface area (Å²) >= 11 is 5.78. The van der Waals surface area contributed by atoms with Gasteiger partial charge in [0.1, 0.15) is 0 Å². The second-order valence-electron chi connectivity index (χ2n) is 4.68. The van der Waals surface area contributed by atoms with E-state index >= 15 is 0 Å². The lowest BCUT2D eigenvalue weighted by Crippen LogP contribution is -2.58. The van der Waals surface area contributed by atoms with Crippen molar-refractivity contribution in [2.24, 2.45) is 5.73 Å². The molecule has 2 rings (SSSR count). The lowest BCUT2D eigenvalue weighted by Gasteiger charge is -2.38. The second-order valence-corrected chi connectivity index (χ2v) is 5.11. The van der Waals surface area contributed by atoms with Gasteiger partial charge in [0.25, 0.3) is 11.8 Å². The van der Waals surface area contributed by atoms with Crippen molar-refractivity contribution >= 4 is 23.4 Å². The van der Waals surface area contributed by atoms with Crippen molar-refractivity contribution < 1.29 is 14.3 Å².